The molecule has 1 aromatic carbocycles. The van der Waals surface area contributed by atoms with Crippen LogP contribution in [0.2, 0.25) is 0 Å². The largest absolute Gasteiger partial charge is 0.330 e. The van der Waals surface area contributed by atoms with Crippen LogP contribution in [0, 0.1) is 16.0 Å². The Morgan fingerprint density at radius 2 is 2.30 bits per heavy atom. The maximum Gasteiger partial charge on any atom is 0.283 e. The lowest BCUT2D eigenvalue weighted by atomic mass is 9.94. The highest BCUT2D eigenvalue weighted by Gasteiger charge is 2.20. The third-order valence-electron chi connectivity index (χ3n) is 3.79. The van der Waals surface area contributed by atoms with Crippen LogP contribution in [0.15, 0.2) is 22.7 Å². The van der Waals surface area contributed by atoms with Gasteiger partial charge in [0.15, 0.2) is 0 Å². The molecule has 1 aliphatic heterocycles. The number of halogens is 1. The zero-order valence-electron chi connectivity index (χ0n) is 11.4. The SMILES string of the molecule is NCCC1CCCN(Cc2ccc(Br)c([N+](=O)[O-])c2)C1. The van der Waals surface area contributed by atoms with Crippen LogP contribution in [-0.2, 0) is 6.54 Å². The lowest BCUT2D eigenvalue weighted by Gasteiger charge is -2.32. The summed E-state index contributed by atoms with van der Waals surface area (Å²) in [5.41, 5.74) is 6.76. The predicted octanol–water partition coefficient (Wildman–Crippen LogP) is 2.92. The molecule has 1 aromatic rings. The number of piperidine rings is 1. The molecule has 0 radical (unpaired) electrons. The summed E-state index contributed by atoms with van der Waals surface area (Å²) < 4.78 is 0.533. The van der Waals surface area contributed by atoms with Crippen LogP contribution in [-0.4, -0.2) is 29.5 Å². The number of likely N-dealkylation sites (tertiary alicyclic amines) is 1. The lowest BCUT2D eigenvalue weighted by molar-refractivity contribution is -0.385. The Hall–Kier alpha value is -0.980. The Morgan fingerprint density at radius 1 is 1.50 bits per heavy atom. The van der Waals surface area contributed by atoms with E-state index in [1.54, 1.807) is 12.1 Å². The number of hydrogen-bond donors (Lipinski definition) is 1. The highest BCUT2D eigenvalue weighted by Crippen LogP contribution is 2.27. The molecule has 0 aliphatic carbocycles. The molecular weight excluding hydrogens is 322 g/mol. The number of nitrogens with two attached hydrogens (primary N) is 1. The molecule has 5 nitrogen and oxygen atoms in total. The van der Waals surface area contributed by atoms with Gasteiger partial charge in [0.2, 0.25) is 0 Å². The minimum Gasteiger partial charge on any atom is -0.330 e. The lowest BCUT2D eigenvalue weighted by Crippen LogP contribution is -2.35. The van der Waals surface area contributed by atoms with Gasteiger partial charge in [-0.2, -0.15) is 0 Å². The summed E-state index contributed by atoms with van der Waals surface area (Å²) in [6.45, 7) is 3.61. The second kappa shape index (κ2) is 7.15. The summed E-state index contributed by atoms with van der Waals surface area (Å²) in [4.78, 5) is 13.0. The molecule has 0 aromatic heterocycles. The molecule has 2 rings (SSSR count). The van der Waals surface area contributed by atoms with Gasteiger partial charge in [0.25, 0.3) is 5.69 Å². The fourth-order valence-electron chi connectivity index (χ4n) is 2.82. The quantitative estimate of drug-likeness (QED) is 0.660. The van der Waals surface area contributed by atoms with E-state index in [2.05, 4.69) is 20.8 Å². The summed E-state index contributed by atoms with van der Waals surface area (Å²) in [6, 6.07) is 5.37. The van der Waals surface area contributed by atoms with E-state index in [1.165, 1.54) is 12.8 Å². The van der Waals surface area contributed by atoms with Crippen LogP contribution in [0.3, 0.4) is 0 Å². The Balaban J connectivity index is 2.02. The minimum absolute atomic E-state index is 0.137. The summed E-state index contributed by atoms with van der Waals surface area (Å²) in [7, 11) is 0. The van der Waals surface area contributed by atoms with Crippen LogP contribution >= 0.6 is 15.9 Å². The second-order valence-electron chi connectivity index (χ2n) is 5.36. The molecule has 1 atom stereocenters. The van der Waals surface area contributed by atoms with E-state index >= 15 is 0 Å². The van der Waals surface area contributed by atoms with Crippen LogP contribution in [0.1, 0.15) is 24.8 Å². The minimum atomic E-state index is -0.346. The van der Waals surface area contributed by atoms with Gasteiger partial charge in [-0.25, -0.2) is 0 Å². The van der Waals surface area contributed by atoms with Gasteiger partial charge in [-0.05, 0) is 65.8 Å². The van der Waals surface area contributed by atoms with Crippen LogP contribution in [0.5, 0.6) is 0 Å². The molecule has 1 saturated heterocycles. The molecule has 20 heavy (non-hydrogen) atoms. The monoisotopic (exact) mass is 341 g/mol. The van der Waals surface area contributed by atoms with Gasteiger partial charge >= 0.3 is 0 Å². The number of nitrogens with zero attached hydrogens (tertiary/aromatic N) is 2. The molecule has 1 unspecified atom stereocenters. The molecular formula is C14H20BrN3O2. The highest BCUT2D eigenvalue weighted by molar-refractivity contribution is 9.10. The number of nitro groups is 1. The first-order chi connectivity index (χ1) is 9.60. The molecule has 0 amide bonds. The van der Waals surface area contributed by atoms with E-state index < -0.39 is 0 Å². The third-order valence-corrected chi connectivity index (χ3v) is 4.46. The number of rotatable bonds is 5. The predicted molar refractivity (Wildman–Crippen MR) is 82.5 cm³/mol. The van der Waals surface area contributed by atoms with Gasteiger partial charge < -0.3 is 5.73 Å². The summed E-state index contributed by atoms with van der Waals surface area (Å²) in [6.07, 6.45) is 3.49. The van der Waals surface area contributed by atoms with Gasteiger partial charge in [0.1, 0.15) is 0 Å². The van der Waals surface area contributed by atoms with Gasteiger partial charge in [0.05, 0.1) is 9.40 Å². The maximum absolute atomic E-state index is 11.0. The number of hydrogen-bond acceptors (Lipinski definition) is 4. The van der Waals surface area contributed by atoms with Gasteiger partial charge in [-0.15, -0.1) is 0 Å². The molecule has 1 aliphatic rings. The van der Waals surface area contributed by atoms with Gasteiger partial charge in [0, 0.05) is 19.2 Å². The van der Waals surface area contributed by atoms with Crippen LogP contribution in [0.4, 0.5) is 5.69 Å². The molecule has 2 N–H and O–H groups in total. The summed E-state index contributed by atoms with van der Waals surface area (Å²) in [5.74, 6) is 0.666. The second-order valence-corrected chi connectivity index (χ2v) is 6.22. The Bertz CT molecular complexity index is 479. The van der Waals surface area contributed by atoms with Crippen molar-refractivity contribution in [1.82, 2.24) is 4.90 Å². The molecule has 0 saturated carbocycles. The van der Waals surface area contributed by atoms with Gasteiger partial charge in [-0.3, -0.25) is 15.0 Å². The van der Waals surface area contributed by atoms with Crippen molar-refractivity contribution in [3.8, 4) is 0 Å². The summed E-state index contributed by atoms with van der Waals surface area (Å²) >= 11 is 3.22. The fourth-order valence-corrected chi connectivity index (χ4v) is 3.21. The normalized spacial score (nSPS) is 20.0. The van der Waals surface area contributed by atoms with E-state index in [9.17, 15) is 10.1 Å². The van der Waals surface area contributed by atoms with Gasteiger partial charge in [-0.1, -0.05) is 6.07 Å². The van der Waals surface area contributed by atoms with Crippen molar-refractivity contribution < 1.29 is 4.92 Å². The van der Waals surface area contributed by atoms with E-state index in [1.807, 2.05) is 6.07 Å². The standard InChI is InChI=1S/C14H20BrN3O2/c15-13-4-3-12(8-14(13)18(19)20)10-17-7-1-2-11(9-17)5-6-16/h3-4,8,11H,1-2,5-7,9-10,16H2. The van der Waals surface area contributed by atoms with Crippen molar-refractivity contribution in [2.45, 2.75) is 25.8 Å². The molecule has 0 bridgehead atoms. The van der Waals surface area contributed by atoms with E-state index in [-0.39, 0.29) is 10.6 Å². The third kappa shape index (κ3) is 4.01. The number of nitro benzene ring substituents is 1. The van der Waals surface area contributed by atoms with Crippen molar-refractivity contribution in [2.75, 3.05) is 19.6 Å². The van der Waals surface area contributed by atoms with Crippen molar-refractivity contribution in [2.24, 2.45) is 11.7 Å². The summed E-state index contributed by atoms with van der Waals surface area (Å²) in [5, 5.41) is 11.0. The van der Waals surface area contributed by atoms with Crippen molar-refractivity contribution >= 4 is 21.6 Å². The molecule has 0 spiro atoms. The van der Waals surface area contributed by atoms with Crippen molar-refractivity contribution in [3.05, 3.63) is 38.3 Å². The zero-order chi connectivity index (χ0) is 14.5. The van der Waals surface area contributed by atoms with Crippen molar-refractivity contribution in [3.63, 3.8) is 0 Å². The zero-order valence-corrected chi connectivity index (χ0v) is 13.0. The Morgan fingerprint density at radius 3 is 3.00 bits per heavy atom. The van der Waals surface area contributed by atoms with Crippen LogP contribution in [0.25, 0.3) is 0 Å². The fraction of sp³-hybridized carbons (Fsp3) is 0.571. The van der Waals surface area contributed by atoms with E-state index in [4.69, 9.17) is 5.73 Å². The average Bonchev–Trinajstić information content (AvgIpc) is 2.41. The molecule has 1 heterocycles. The topological polar surface area (TPSA) is 72.4 Å². The van der Waals surface area contributed by atoms with Crippen molar-refractivity contribution in [1.29, 1.82) is 0 Å². The molecule has 6 heteroatoms. The molecule has 110 valence electrons. The van der Waals surface area contributed by atoms with E-state index in [0.717, 1.165) is 38.2 Å². The first-order valence-electron chi connectivity index (χ1n) is 6.95. The van der Waals surface area contributed by atoms with Crippen LogP contribution < -0.4 is 5.73 Å². The highest BCUT2D eigenvalue weighted by atomic mass is 79.9. The first-order valence-corrected chi connectivity index (χ1v) is 7.74. The Kier molecular flexibility index (Phi) is 5.51. The maximum atomic E-state index is 11.0. The number of benzene rings is 1. The first kappa shape index (κ1) is 15.4. The smallest absolute Gasteiger partial charge is 0.283 e. The average molecular weight is 342 g/mol. The molecule has 1 fully saturated rings. The Labute approximate surface area is 127 Å². The van der Waals surface area contributed by atoms with E-state index in [0.29, 0.717) is 10.4 Å².